The van der Waals surface area contributed by atoms with E-state index in [1.165, 1.54) is 12.3 Å². The van der Waals surface area contributed by atoms with E-state index in [2.05, 4.69) is 15.2 Å². The van der Waals surface area contributed by atoms with Crippen molar-refractivity contribution in [1.82, 2.24) is 24.5 Å². The fourth-order valence-electron chi connectivity index (χ4n) is 4.51. The molecule has 1 aliphatic rings. The summed E-state index contributed by atoms with van der Waals surface area (Å²) in [6.07, 6.45) is 3.25. The second kappa shape index (κ2) is 9.30. The van der Waals surface area contributed by atoms with Crippen LogP contribution in [0.5, 0.6) is 0 Å². The van der Waals surface area contributed by atoms with Gasteiger partial charge in [0.2, 0.25) is 5.43 Å². The molecule has 2 aromatic carbocycles. The van der Waals surface area contributed by atoms with E-state index in [0.717, 1.165) is 11.4 Å². The highest BCUT2D eigenvalue weighted by Crippen LogP contribution is 2.26. The number of aryl methyl sites for hydroxylation is 1. The van der Waals surface area contributed by atoms with Gasteiger partial charge < -0.3 is 14.6 Å². The number of aromatic carboxylic acids is 1. The Hall–Kier alpha value is -4.05. The average molecular weight is 477 g/mol. The summed E-state index contributed by atoms with van der Waals surface area (Å²) in [4.78, 5) is 28.2. The quantitative estimate of drug-likeness (QED) is 0.457. The molecule has 1 aliphatic heterocycles. The highest BCUT2D eigenvalue weighted by Gasteiger charge is 2.23. The molecule has 3 heterocycles. The summed E-state index contributed by atoms with van der Waals surface area (Å²) in [5.41, 5.74) is 1.72. The molecule has 0 spiro atoms. The Labute approximate surface area is 200 Å². The molecule has 1 fully saturated rings. The number of hydrogen-bond donors (Lipinski definition) is 1. The molecule has 0 amide bonds. The van der Waals surface area contributed by atoms with Gasteiger partial charge in [0.05, 0.1) is 28.8 Å². The van der Waals surface area contributed by atoms with Crippen molar-refractivity contribution in [2.45, 2.75) is 20.0 Å². The Morgan fingerprint density at radius 1 is 1.09 bits per heavy atom. The van der Waals surface area contributed by atoms with Gasteiger partial charge in [0, 0.05) is 50.9 Å². The van der Waals surface area contributed by atoms with Gasteiger partial charge in [-0.25, -0.2) is 13.9 Å². The first kappa shape index (κ1) is 22.7. The van der Waals surface area contributed by atoms with E-state index >= 15 is 4.39 Å². The van der Waals surface area contributed by atoms with Gasteiger partial charge in [0.15, 0.2) is 0 Å². The van der Waals surface area contributed by atoms with E-state index in [1.807, 2.05) is 48.4 Å². The fraction of sp³-hybridized carbons (Fsp3) is 0.280. The fourth-order valence-corrected chi connectivity index (χ4v) is 4.51. The number of nitrogens with zero attached hydrogens (tertiary/aromatic N) is 6. The van der Waals surface area contributed by atoms with Gasteiger partial charge in [-0.1, -0.05) is 23.4 Å². The first-order valence-electron chi connectivity index (χ1n) is 11.5. The lowest BCUT2D eigenvalue weighted by molar-refractivity contribution is 0.0695. The third-order valence-corrected chi connectivity index (χ3v) is 6.38. The highest BCUT2D eigenvalue weighted by molar-refractivity contribution is 5.93. The molecule has 0 aliphatic carbocycles. The van der Waals surface area contributed by atoms with Crippen LogP contribution in [0.4, 0.5) is 10.1 Å². The van der Waals surface area contributed by atoms with E-state index in [4.69, 9.17) is 0 Å². The Bertz CT molecular complexity index is 1440. The van der Waals surface area contributed by atoms with Crippen molar-refractivity contribution < 1.29 is 14.3 Å². The molecule has 9 nitrogen and oxygen atoms in total. The molecule has 0 bridgehead atoms. The van der Waals surface area contributed by atoms with Gasteiger partial charge in [-0.2, -0.15) is 0 Å². The summed E-state index contributed by atoms with van der Waals surface area (Å²) in [6, 6.07) is 12.6. The van der Waals surface area contributed by atoms with Gasteiger partial charge >= 0.3 is 5.97 Å². The smallest absolute Gasteiger partial charge is 0.341 e. The maximum Gasteiger partial charge on any atom is 0.341 e. The van der Waals surface area contributed by atoms with E-state index in [9.17, 15) is 14.7 Å². The van der Waals surface area contributed by atoms with Gasteiger partial charge in [0.1, 0.15) is 11.4 Å². The normalized spacial score (nSPS) is 14.5. The maximum atomic E-state index is 15.1. The largest absolute Gasteiger partial charge is 0.477 e. The molecule has 0 atom stereocenters. The Kier molecular flexibility index (Phi) is 6.04. The number of carboxylic acids is 1. The second-order valence-corrected chi connectivity index (χ2v) is 8.54. The summed E-state index contributed by atoms with van der Waals surface area (Å²) >= 11 is 0. The van der Waals surface area contributed by atoms with Crippen LogP contribution in [-0.2, 0) is 13.1 Å². The number of hydrogen-bond acceptors (Lipinski definition) is 6. The number of benzene rings is 2. The van der Waals surface area contributed by atoms with E-state index < -0.39 is 17.2 Å². The molecule has 180 valence electrons. The Morgan fingerprint density at radius 2 is 1.83 bits per heavy atom. The van der Waals surface area contributed by atoms with Crippen LogP contribution in [0.1, 0.15) is 23.0 Å². The van der Waals surface area contributed by atoms with Crippen LogP contribution in [0.2, 0.25) is 0 Å². The Balaban J connectivity index is 1.32. The molecule has 0 radical (unpaired) electrons. The second-order valence-electron chi connectivity index (χ2n) is 8.54. The third-order valence-electron chi connectivity index (χ3n) is 6.38. The Morgan fingerprint density at radius 3 is 2.51 bits per heavy atom. The molecule has 2 aromatic heterocycles. The number of rotatable bonds is 6. The van der Waals surface area contributed by atoms with Gasteiger partial charge in [0.25, 0.3) is 0 Å². The molecular formula is C25H25FN6O3. The van der Waals surface area contributed by atoms with E-state index in [0.29, 0.717) is 50.5 Å². The standard InChI is InChI=1S/C25H25FN6O3/c1-2-30-16-20(25(34)35)24(33)19-12-21(26)23(13-22(19)30)31-10-8-29(9-11-31)14-17-15-32(28-27-17)18-6-4-3-5-7-18/h3-7,12-13,15-16H,2,8-11,14H2,1H3,(H,34,35). The topological polar surface area (TPSA) is 96.5 Å². The molecule has 10 heteroatoms. The summed E-state index contributed by atoms with van der Waals surface area (Å²) in [5, 5.41) is 17.9. The maximum absolute atomic E-state index is 15.1. The van der Waals surface area contributed by atoms with Gasteiger partial charge in [-0.15, -0.1) is 5.10 Å². The molecule has 4 aromatic rings. The molecule has 5 rings (SSSR count). The number of pyridine rings is 1. The summed E-state index contributed by atoms with van der Waals surface area (Å²) < 4.78 is 18.5. The van der Waals surface area contributed by atoms with Gasteiger partial charge in [-0.05, 0) is 31.2 Å². The lowest BCUT2D eigenvalue weighted by Crippen LogP contribution is -2.46. The van der Waals surface area contributed by atoms with Crippen LogP contribution in [0.3, 0.4) is 0 Å². The zero-order valence-electron chi connectivity index (χ0n) is 19.3. The number of fused-ring (bicyclic) bond motifs is 1. The number of carbonyl (C=O) groups is 1. The van der Waals surface area contributed by atoms with Crippen molar-refractivity contribution in [3.05, 3.63) is 82.2 Å². The zero-order chi connectivity index (χ0) is 24.5. The highest BCUT2D eigenvalue weighted by atomic mass is 19.1. The summed E-state index contributed by atoms with van der Waals surface area (Å²) in [5.74, 6) is -1.84. The number of piperazine rings is 1. The molecule has 1 saturated heterocycles. The lowest BCUT2D eigenvalue weighted by atomic mass is 10.1. The van der Waals surface area contributed by atoms with Crippen molar-refractivity contribution in [3.63, 3.8) is 0 Å². The first-order valence-corrected chi connectivity index (χ1v) is 11.5. The van der Waals surface area contributed by atoms with Crippen molar-refractivity contribution in [3.8, 4) is 5.69 Å². The number of carboxylic acid groups (broad SMARTS) is 1. The van der Waals surface area contributed by atoms with Crippen molar-refractivity contribution in [2.24, 2.45) is 0 Å². The van der Waals surface area contributed by atoms with E-state index in [1.54, 1.807) is 15.3 Å². The van der Waals surface area contributed by atoms with Crippen LogP contribution in [0.15, 0.2) is 59.7 Å². The average Bonchev–Trinajstić information content (AvgIpc) is 3.34. The SMILES string of the molecule is CCn1cc(C(=O)O)c(=O)c2cc(F)c(N3CCN(Cc4cn(-c5ccccc5)nn4)CC3)cc21. The number of aromatic nitrogens is 4. The number of para-hydroxylation sites is 1. The lowest BCUT2D eigenvalue weighted by Gasteiger charge is -2.36. The molecule has 0 unspecified atom stereocenters. The van der Waals surface area contributed by atoms with E-state index in [-0.39, 0.29) is 10.9 Å². The van der Waals surface area contributed by atoms with Crippen LogP contribution >= 0.6 is 0 Å². The van der Waals surface area contributed by atoms with Crippen LogP contribution < -0.4 is 10.3 Å². The van der Waals surface area contributed by atoms with Crippen LogP contribution in [0.25, 0.3) is 16.6 Å². The molecule has 35 heavy (non-hydrogen) atoms. The molecule has 1 N–H and O–H groups in total. The molecular weight excluding hydrogens is 451 g/mol. The van der Waals surface area contributed by atoms with Gasteiger partial charge in [-0.3, -0.25) is 9.69 Å². The van der Waals surface area contributed by atoms with Crippen LogP contribution in [-0.4, -0.2) is 61.7 Å². The molecule has 0 saturated carbocycles. The monoisotopic (exact) mass is 476 g/mol. The number of anilines is 1. The predicted molar refractivity (Wildman–Crippen MR) is 130 cm³/mol. The summed E-state index contributed by atoms with van der Waals surface area (Å²) in [6.45, 7) is 5.61. The predicted octanol–water partition coefficient (Wildman–Crippen LogP) is 2.76. The minimum absolute atomic E-state index is 0.0770. The van der Waals surface area contributed by atoms with Crippen LogP contribution in [0, 0.1) is 5.82 Å². The van der Waals surface area contributed by atoms with Crippen molar-refractivity contribution >= 4 is 22.6 Å². The number of halogens is 1. The minimum atomic E-state index is -1.32. The summed E-state index contributed by atoms with van der Waals surface area (Å²) in [7, 11) is 0. The van der Waals surface area contributed by atoms with Crippen molar-refractivity contribution in [2.75, 3.05) is 31.1 Å². The van der Waals surface area contributed by atoms with Crippen molar-refractivity contribution in [1.29, 1.82) is 0 Å². The first-order chi connectivity index (χ1) is 16.9. The third kappa shape index (κ3) is 4.40. The zero-order valence-corrected chi connectivity index (χ0v) is 19.3. The minimum Gasteiger partial charge on any atom is -0.477 e.